The van der Waals surface area contributed by atoms with Crippen LogP contribution in [0.15, 0.2) is 12.2 Å². The SMILES string of the molecule is CC(=O)CC(=O)OC(=O)C=CCCCN(C)C. The summed E-state index contributed by atoms with van der Waals surface area (Å²) in [7, 11) is 3.94. The molecule has 0 unspecified atom stereocenters. The first-order valence-electron chi connectivity index (χ1n) is 5.47. The molecule has 5 nitrogen and oxygen atoms in total. The molecule has 0 N–H and O–H groups in total. The molecule has 0 heterocycles. The number of esters is 2. The van der Waals surface area contributed by atoms with Crippen molar-refractivity contribution in [2.75, 3.05) is 20.6 Å². The van der Waals surface area contributed by atoms with Gasteiger partial charge in [0.2, 0.25) is 0 Å². The van der Waals surface area contributed by atoms with Crippen LogP contribution in [0.2, 0.25) is 0 Å². The van der Waals surface area contributed by atoms with Gasteiger partial charge in [0.1, 0.15) is 12.2 Å². The Morgan fingerprint density at radius 2 is 1.88 bits per heavy atom. The van der Waals surface area contributed by atoms with Crippen LogP contribution in [-0.2, 0) is 19.1 Å². The van der Waals surface area contributed by atoms with E-state index in [9.17, 15) is 14.4 Å². The topological polar surface area (TPSA) is 63.7 Å². The average Bonchev–Trinajstić information content (AvgIpc) is 2.14. The Morgan fingerprint density at radius 1 is 1.24 bits per heavy atom. The van der Waals surface area contributed by atoms with E-state index in [2.05, 4.69) is 4.74 Å². The standard InChI is InChI=1S/C12H19NO4/c1-10(14)9-12(16)17-11(15)7-5-4-6-8-13(2)3/h5,7H,4,6,8-9H2,1-3H3. The highest BCUT2D eigenvalue weighted by Gasteiger charge is 2.09. The van der Waals surface area contributed by atoms with Crippen molar-refractivity contribution in [3.8, 4) is 0 Å². The fraction of sp³-hybridized carbons (Fsp3) is 0.583. The van der Waals surface area contributed by atoms with Gasteiger partial charge in [0.15, 0.2) is 0 Å². The Kier molecular flexibility index (Phi) is 7.88. The highest BCUT2D eigenvalue weighted by Crippen LogP contribution is 1.95. The summed E-state index contributed by atoms with van der Waals surface area (Å²) in [5.41, 5.74) is 0. The highest BCUT2D eigenvalue weighted by atomic mass is 16.6. The van der Waals surface area contributed by atoms with Crippen LogP contribution in [0.5, 0.6) is 0 Å². The number of Topliss-reactive ketones (excluding diaryl/α,β-unsaturated/α-hetero) is 1. The fourth-order valence-electron chi connectivity index (χ4n) is 1.09. The zero-order chi connectivity index (χ0) is 13.3. The number of ketones is 1. The minimum absolute atomic E-state index is 0.322. The molecule has 0 atom stereocenters. The molecule has 0 rings (SSSR count). The van der Waals surface area contributed by atoms with Gasteiger partial charge >= 0.3 is 11.9 Å². The first-order chi connectivity index (χ1) is 7.91. The van der Waals surface area contributed by atoms with Crippen molar-refractivity contribution in [2.45, 2.75) is 26.2 Å². The molecule has 0 amide bonds. The lowest BCUT2D eigenvalue weighted by Crippen LogP contribution is -2.13. The van der Waals surface area contributed by atoms with E-state index in [1.165, 1.54) is 13.0 Å². The predicted octanol–water partition coefficient (Wildman–Crippen LogP) is 0.933. The Labute approximate surface area is 101 Å². The van der Waals surface area contributed by atoms with Crippen LogP contribution in [0.3, 0.4) is 0 Å². The number of allylic oxidation sites excluding steroid dienone is 1. The Bertz CT molecular complexity index is 308. The van der Waals surface area contributed by atoms with Crippen LogP contribution in [-0.4, -0.2) is 43.3 Å². The van der Waals surface area contributed by atoms with E-state index in [-0.39, 0.29) is 12.2 Å². The first-order valence-corrected chi connectivity index (χ1v) is 5.47. The monoisotopic (exact) mass is 241 g/mol. The molecule has 0 saturated carbocycles. The van der Waals surface area contributed by atoms with Crippen molar-refractivity contribution in [3.63, 3.8) is 0 Å². The number of carbonyl (C=O) groups is 3. The molecule has 0 spiro atoms. The Morgan fingerprint density at radius 3 is 2.41 bits per heavy atom. The second-order valence-corrected chi connectivity index (χ2v) is 4.02. The summed E-state index contributed by atoms with van der Waals surface area (Å²) < 4.78 is 4.39. The van der Waals surface area contributed by atoms with Gasteiger partial charge in [-0.2, -0.15) is 0 Å². The molecule has 0 radical (unpaired) electrons. The number of ether oxygens (including phenoxy) is 1. The third-order valence-electron chi connectivity index (χ3n) is 1.84. The summed E-state index contributed by atoms with van der Waals surface area (Å²) in [4.78, 5) is 34.6. The molecule has 5 heteroatoms. The predicted molar refractivity (Wildman–Crippen MR) is 63.3 cm³/mol. The van der Waals surface area contributed by atoms with E-state index in [4.69, 9.17) is 0 Å². The van der Waals surface area contributed by atoms with Crippen molar-refractivity contribution < 1.29 is 19.1 Å². The van der Waals surface area contributed by atoms with Crippen molar-refractivity contribution in [1.82, 2.24) is 4.90 Å². The van der Waals surface area contributed by atoms with Gasteiger partial charge in [-0.1, -0.05) is 6.08 Å². The summed E-state index contributed by atoms with van der Waals surface area (Å²) in [6.45, 7) is 2.20. The lowest BCUT2D eigenvalue weighted by molar-refractivity contribution is -0.156. The normalized spacial score (nSPS) is 10.8. The zero-order valence-corrected chi connectivity index (χ0v) is 10.6. The number of nitrogens with zero attached hydrogens (tertiary/aromatic N) is 1. The minimum atomic E-state index is -0.805. The maximum absolute atomic E-state index is 11.1. The Hall–Kier alpha value is -1.49. The third-order valence-corrected chi connectivity index (χ3v) is 1.84. The van der Waals surface area contributed by atoms with Crippen LogP contribution in [0.4, 0.5) is 0 Å². The Balaban J connectivity index is 3.74. The van der Waals surface area contributed by atoms with Gasteiger partial charge in [-0.15, -0.1) is 0 Å². The summed E-state index contributed by atoms with van der Waals surface area (Å²) in [6, 6.07) is 0. The van der Waals surface area contributed by atoms with Crippen LogP contribution in [0, 0.1) is 0 Å². The van der Waals surface area contributed by atoms with Crippen molar-refractivity contribution in [2.24, 2.45) is 0 Å². The minimum Gasteiger partial charge on any atom is -0.390 e. The van der Waals surface area contributed by atoms with E-state index in [1.807, 2.05) is 19.0 Å². The molecular weight excluding hydrogens is 222 g/mol. The largest absolute Gasteiger partial charge is 0.390 e. The summed E-state index contributed by atoms with van der Waals surface area (Å²) in [6.07, 6.45) is 4.19. The molecule has 0 fully saturated rings. The van der Waals surface area contributed by atoms with Crippen molar-refractivity contribution >= 4 is 17.7 Å². The fourth-order valence-corrected chi connectivity index (χ4v) is 1.09. The summed E-state index contributed by atoms with van der Waals surface area (Å²) >= 11 is 0. The number of hydrogen-bond acceptors (Lipinski definition) is 5. The van der Waals surface area contributed by atoms with Gasteiger partial charge < -0.3 is 9.64 Å². The molecule has 0 aliphatic carbocycles. The molecule has 0 aromatic rings. The van der Waals surface area contributed by atoms with Crippen molar-refractivity contribution in [1.29, 1.82) is 0 Å². The van der Waals surface area contributed by atoms with Crippen molar-refractivity contribution in [3.05, 3.63) is 12.2 Å². The van der Waals surface area contributed by atoms with Gasteiger partial charge in [0, 0.05) is 6.08 Å². The summed E-state index contributed by atoms with van der Waals surface area (Å²) in [5, 5.41) is 0. The van der Waals surface area contributed by atoms with Crippen LogP contribution in [0.1, 0.15) is 26.2 Å². The smallest absolute Gasteiger partial charge is 0.338 e. The second kappa shape index (κ2) is 8.64. The maximum atomic E-state index is 11.1. The highest BCUT2D eigenvalue weighted by molar-refractivity contribution is 6.00. The number of hydrogen-bond donors (Lipinski definition) is 0. The lowest BCUT2D eigenvalue weighted by atomic mass is 10.3. The van der Waals surface area contributed by atoms with Crippen LogP contribution in [0.25, 0.3) is 0 Å². The first kappa shape index (κ1) is 15.5. The molecule has 0 aliphatic heterocycles. The van der Waals surface area contributed by atoms with Gasteiger partial charge in [0.05, 0.1) is 0 Å². The number of rotatable bonds is 7. The second-order valence-electron chi connectivity index (χ2n) is 4.02. The maximum Gasteiger partial charge on any atom is 0.338 e. The molecule has 0 aromatic heterocycles. The van der Waals surface area contributed by atoms with Gasteiger partial charge in [-0.05, 0) is 40.4 Å². The molecule has 0 aromatic carbocycles. The molecule has 0 saturated heterocycles. The van der Waals surface area contributed by atoms with Crippen LogP contribution < -0.4 is 0 Å². The van der Waals surface area contributed by atoms with E-state index < -0.39 is 11.9 Å². The van der Waals surface area contributed by atoms with E-state index in [0.717, 1.165) is 19.4 Å². The van der Waals surface area contributed by atoms with E-state index in [1.54, 1.807) is 6.08 Å². The zero-order valence-electron chi connectivity index (χ0n) is 10.6. The van der Waals surface area contributed by atoms with Gasteiger partial charge in [-0.25, -0.2) is 4.79 Å². The van der Waals surface area contributed by atoms with E-state index in [0.29, 0.717) is 0 Å². The van der Waals surface area contributed by atoms with Gasteiger partial charge in [-0.3, -0.25) is 9.59 Å². The third kappa shape index (κ3) is 10.8. The molecule has 96 valence electrons. The quantitative estimate of drug-likeness (QED) is 0.287. The lowest BCUT2D eigenvalue weighted by Gasteiger charge is -2.06. The number of carbonyl (C=O) groups excluding carboxylic acids is 3. The molecular formula is C12H19NO4. The average molecular weight is 241 g/mol. The number of unbranched alkanes of at least 4 members (excludes halogenated alkanes) is 1. The van der Waals surface area contributed by atoms with Crippen LogP contribution >= 0.6 is 0 Å². The molecule has 0 aliphatic rings. The van der Waals surface area contributed by atoms with E-state index >= 15 is 0 Å². The van der Waals surface area contributed by atoms with Gasteiger partial charge in [0.25, 0.3) is 0 Å². The molecule has 0 bridgehead atoms. The molecule has 17 heavy (non-hydrogen) atoms. The summed E-state index contributed by atoms with van der Waals surface area (Å²) in [5.74, 6) is -1.85.